The molecule has 0 aliphatic rings. The fourth-order valence-corrected chi connectivity index (χ4v) is 1.40. The van der Waals surface area contributed by atoms with Crippen molar-refractivity contribution in [3.8, 4) is 11.1 Å². The maximum Gasteiger partial charge on any atom is 0.134 e. The standard InChI is InChI=1S/C12H10FN/c1-9-3-2-4-10(7-9)11-8-14-6-5-12(11)13/h2-8H,1H3. The largest absolute Gasteiger partial charge is 0.264 e. The third kappa shape index (κ3) is 1.64. The smallest absolute Gasteiger partial charge is 0.134 e. The number of hydrogen-bond donors (Lipinski definition) is 0. The van der Waals surface area contributed by atoms with Crippen LogP contribution in [0.5, 0.6) is 0 Å². The summed E-state index contributed by atoms with van der Waals surface area (Å²) in [6.45, 7) is 1.98. The number of halogens is 1. The van der Waals surface area contributed by atoms with Crippen molar-refractivity contribution >= 4 is 0 Å². The molecule has 0 saturated carbocycles. The lowest BCUT2D eigenvalue weighted by molar-refractivity contribution is 0.629. The van der Waals surface area contributed by atoms with Gasteiger partial charge in [0.25, 0.3) is 0 Å². The zero-order valence-electron chi connectivity index (χ0n) is 7.87. The van der Waals surface area contributed by atoms with Crippen molar-refractivity contribution in [2.45, 2.75) is 6.92 Å². The van der Waals surface area contributed by atoms with Gasteiger partial charge >= 0.3 is 0 Å². The highest BCUT2D eigenvalue weighted by Gasteiger charge is 2.03. The minimum Gasteiger partial charge on any atom is -0.264 e. The third-order valence-corrected chi connectivity index (χ3v) is 2.10. The molecule has 0 aliphatic carbocycles. The van der Waals surface area contributed by atoms with Crippen LogP contribution in [0.4, 0.5) is 4.39 Å². The molecule has 1 nitrogen and oxygen atoms in total. The van der Waals surface area contributed by atoms with E-state index in [9.17, 15) is 4.39 Å². The van der Waals surface area contributed by atoms with Crippen molar-refractivity contribution in [1.29, 1.82) is 0 Å². The second kappa shape index (κ2) is 3.58. The molecule has 0 spiro atoms. The first-order valence-electron chi connectivity index (χ1n) is 4.44. The van der Waals surface area contributed by atoms with E-state index in [1.807, 2.05) is 31.2 Å². The van der Waals surface area contributed by atoms with E-state index < -0.39 is 0 Å². The predicted molar refractivity (Wildman–Crippen MR) is 54.4 cm³/mol. The topological polar surface area (TPSA) is 12.9 Å². The van der Waals surface area contributed by atoms with Gasteiger partial charge in [-0.05, 0) is 18.6 Å². The Labute approximate surface area is 82.2 Å². The Kier molecular flexibility index (Phi) is 2.27. The molecule has 0 radical (unpaired) electrons. The van der Waals surface area contributed by atoms with Gasteiger partial charge in [0.1, 0.15) is 5.82 Å². The van der Waals surface area contributed by atoms with Gasteiger partial charge in [-0.2, -0.15) is 0 Å². The van der Waals surface area contributed by atoms with Gasteiger partial charge in [0, 0.05) is 18.0 Å². The molecule has 0 aliphatic heterocycles. The van der Waals surface area contributed by atoms with E-state index in [4.69, 9.17) is 0 Å². The van der Waals surface area contributed by atoms with Gasteiger partial charge in [-0.3, -0.25) is 4.98 Å². The second-order valence-corrected chi connectivity index (χ2v) is 3.23. The molecule has 0 saturated heterocycles. The van der Waals surface area contributed by atoms with Crippen molar-refractivity contribution in [3.05, 3.63) is 54.1 Å². The Balaban J connectivity index is 2.55. The van der Waals surface area contributed by atoms with E-state index >= 15 is 0 Å². The summed E-state index contributed by atoms with van der Waals surface area (Å²) in [4.78, 5) is 3.91. The number of aromatic nitrogens is 1. The fourth-order valence-electron chi connectivity index (χ4n) is 1.40. The normalized spacial score (nSPS) is 10.1. The van der Waals surface area contributed by atoms with Crippen LogP contribution in [0.1, 0.15) is 5.56 Å². The molecular weight excluding hydrogens is 177 g/mol. The molecule has 2 rings (SSSR count). The van der Waals surface area contributed by atoms with E-state index in [-0.39, 0.29) is 5.82 Å². The Morgan fingerprint density at radius 2 is 2.07 bits per heavy atom. The summed E-state index contributed by atoms with van der Waals surface area (Å²) in [6.07, 6.45) is 3.00. The average molecular weight is 187 g/mol. The van der Waals surface area contributed by atoms with Crippen LogP contribution in [0.3, 0.4) is 0 Å². The third-order valence-electron chi connectivity index (χ3n) is 2.10. The molecule has 70 valence electrons. The molecule has 0 N–H and O–H groups in total. The first-order chi connectivity index (χ1) is 6.77. The second-order valence-electron chi connectivity index (χ2n) is 3.23. The van der Waals surface area contributed by atoms with Gasteiger partial charge in [0.05, 0.1) is 0 Å². The van der Waals surface area contributed by atoms with Crippen molar-refractivity contribution in [2.75, 3.05) is 0 Å². The molecule has 0 atom stereocenters. The van der Waals surface area contributed by atoms with Crippen molar-refractivity contribution in [1.82, 2.24) is 4.98 Å². The molecule has 0 fully saturated rings. The maximum absolute atomic E-state index is 13.4. The summed E-state index contributed by atoms with van der Waals surface area (Å²) >= 11 is 0. The molecule has 1 heterocycles. The fraction of sp³-hybridized carbons (Fsp3) is 0.0833. The molecule has 1 aromatic heterocycles. The average Bonchev–Trinajstić information content (AvgIpc) is 2.18. The molecule has 0 bridgehead atoms. The summed E-state index contributed by atoms with van der Waals surface area (Å²) in [6, 6.07) is 9.10. The predicted octanol–water partition coefficient (Wildman–Crippen LogP) is 3.20. The minimum atomic E-state index is -0.231. The van der Waals surface area contributed by atoms with Crippen LogP contribution in [0.2, 0.25) is 0 Å². The SMILES string of the molecule is Cc1cccc(-c2cnccc2F)c1. The highest BCUT2D eigenvalue weighted by Crippen LogP contribution is 2.21. The van der Waals surface area contributed by atoms with Gasteiger partial charge in [-0.25, -0.2) is 4.39 Å². The quantitative estimate of drug-likeness (QED) is 0.668. The summed E-state index contributed by atoms with van der Waals surface area (Å²) in [5.74, 6) is -0.231. The molecule has 2 heteroatoms. The van der Waals surface area contributed by atoms with Gasteiger partial charge in [-0.15, -0.1) is 0 Å². The Bertz CT molecular complexity index is 452. The lowest BCUT2D eigenvalue weighted by Crippen LogP contribution is -1.85. The van der Waals surface area contributed by atoms with E-state index in [0.717, 1.165) is 11.1 Å². The molecule has 0 amide bonds. The summed E-state index contributed by atoms with van der Waals surface area (Å²) < 4.78 is 13.4. The van der Waals surface area contributed by atoms with Crippen LogP contribution >= 0.6 is 0 Å². The van der Waals surface area contributed by atoms with Crippen LogP contribution in [0.15, 0.2) is 42.7 Å². The van der Waals surface area contributed by atoms with E-state index in [1.165, 1.54) is 12.3 Å². The molecule has 14 heavy (non-hydrogen) atoms. The van der Waals surface area contributed by atoms with Gasteiger partial charge < -0.3 is 0 Å². The van der Waals surface area contributed by atoms with Gasteiger partial charge in [0.15, 0.2) is 0 Å². The molecular formula is C12H10FN. The lowest BCUT2D eigenvalue weighted by Gasteiger charge is -2.02. The Morgan fingerprint density at radius 1 is 1.21 bits per heavy atom. The summed E-state index contributed by atoms with van der Waals surface area (Å²) in [5.41, 5.74) is 2.54. The molecule has 1 aromatic carbocycles. The number of nitrogens with zero attached hydrogens (tertiary/aromatic N) is 1. The summed E-state index contributed by atoms with van der Waals surface area (Å²) in [5, 5.41) is 0. The van der Waals surface area contributed by atoms with E-state index in [0.29, 0.717) is 5.56 Å². The lowest BCUT2D eigenvalue weighted by atomic mass is 10.1. The highest BCUT2D eigenvalue weighted by molar-refractivity contribution is 5.63. The minimum absolute atomic E-state index is 0.231. The van der Waals surface area contributed by atoms with Crippen molar-refractivity contribution < 1.29 is 4.39 Å². The van der Waals surface area contributed by atoms with E-state index in [1.54, 1.807) is 6.20 Å². The van der Waals surface area contributed by atoms with Crippen LogP contribution in [-0.4, -0.2) is 4.98 Å². The van der Waals surface area contributed by atoms with Gasteiger partial charge in [-0.1, -0.05) is 29.8 Å². The summed E-state index contributed by atoms with van der Waals surface area (Å²) in [7, 11) is 0. The first-order valence-corrected chi connectivity index (χ1v) is 4.44. The molecule has 0 unspecified atom stereocenters. The zero-order chi connectivity index (χ0) is 9.97. The van der Waals surface area contributed by atoms with Crippen LogP contribution < -0.4 is 0 Å². The van der Waals surface area contributed by atoms with Crippen molar-refractivity contribution in [2.24, 2.45) is 0 Å². The van der Waals surface area contributed by atoms with Crippen LogP contribution in [-0.2, 0) is 0 Å². The number of hydrogen-bond acceptors (Lipinski definition) is 1. The van der Waals surface area contributed by atoms with Crippen LogP contribution in [0.25, 0.3) is 11.1 Å². The number of benzene rings is 1. The monoisotopic (exact) mass is 187 g/mol. The molecule has 2 aromatic rings. The Morgan fingerprint density at radius 3 is 2.79 bits per heavy atom. The van der Waals surface area contributed by atoms with Gasteiger partial charge in [0.2, 0.25) is 0 Å². The van der Waals surface area contributed by atoms with Crippen molar-refractivity contribution in [3.63, 3.8) is 0 Å². The highest BCUT2D eigenvalue weighted by atomic mass is 19.1. The first kappa shape index (κ1) is 8.88. The van der Waals surface area contributed by atoms with E-state index in [2.05, 4.69) is 4.98 Å². The number of rotatable bonds is 1. The zero-order valence-corrected chi connectivity index (χ0v) is 7.87. The number of pyridine rings is 1. The van der Waals surface area contributed by atoms with Crippen LogP contribution in [0, 0.1) is 12.7 Å². The Hall–Kier alpha value is -1.70. The number of aryl methyl sites for hydroxylation is 1. The maximum atomic E-state index is 13.4.